The fourth-order valence-corrected chi connectivity index (χ4v) is 1.58. The van der Waals surface area contributed by atoms with Gasteiger partial charge in [0.05, 0.1) is 12.2 Å². The topological polar surface area (TPSA) is 35.5 Å². The van der Waals surface area contributed by atoms with E-state index in [-0.39, 0.29) is 11.9 Å². The molecule has 1 unspecified atom stereocenters. The van der Waals surface area contributed by atoms with Crippen molar-refractivity contribution in [1.29, 1.82) is 0 Å². The van der Waals surface area contributed by atoms with Crippen molar-refractivity contribution < 1.29 is 18.7 Å². The Kier molecular flexibility index (Phi) is 3.51. The summed E-state index contributed by atoms with van der Waals surface area (Å²) < 4.78 is 24.0. The van der Waals surface area contributed by atoms with Crippen molar-refractivity contribution in [2.45, 2.75) is 25.6 Å². The van der Waals surface area contributed by atoms with Crippen LogP contribution in [0.4, 0.5) is 4.39 Å². The molecule has 0 saturated carbocycles. The third-order valence-corrected chi connectivity index (χ3v) is 2.42. The molecule has 1 radical (unpaired) electrons. The van der Waals surface area contributed by atoms with E-state index in [0.717, 1.165) is 19.3 Å². The van der Waals surface area contributed by atoms with E-state index in [4.69, 9.17) is 9.47 Å². The lowest BCUT2D eigenvalue weighted by atomic mass is 10.2. The Morgan fingerprint density at radius 3 is 3.06 bits per heavy atom. The van der Waals surface area contributed by atoms with Gasteiger partial charge in [-0.05, 0) is 25.0 Å². The van der Waals surface area contributed by atoms with Crippen LogP contribution in [-0.2, 0) is 4.74 Å². The predicted octanol–water partition coefficient (Wildman–Crippen LogP) is 2.34. The maximum atomic E-state index is 13.2. The highest BCUT2D eigenvalue weighted by Gasteiger charge is 2.15. The van der Waals surface area contributed by atoms with Gasteiger partial charge in [0.1, 0.15) is 11.6 Å². The standard InChI is InChI=1S/C12H12FO3/c13-11-7-10(5-4-9(11)8-14)16-12-3-1-2-6-15-12/h5,7-8,12H,1-3,6H2. The van der Waals surface area contributed by atoms with Gasteiger partial charge in [0.2, 0.25) is 0 Å². The van der Waals surface area contributed by atoms with Crippen molar-refractivity contribution in [3.8, 4) is 5.75 Å². The molecule has 0 amide bonds. The number of halogens is 1. The van der Waals surface area contributed by atoms with E-state index in [0.29, 0.717) is 18.6 Å². The molecular weight excluding hydrogens is 211 g/mol. The maximum absolute atomic E-state index is 13.2. The lowest BCUT2D eigenvalue weighted by Crippen LogP contribution is -2.25. The maximum Gasteiger partial charge on any atom is 0.199 e. The van der Waals surface area contributed by atoms with Gasteiger partial charge in [-0.3, -0.25) is 4.79 Å². The average Bonchev–Trinajstić information content (AvgIpc) is 2.31. The van der Waals surface area contributed by atoms with Crippen LogP contribution in [0.3, 0.4) is 0 Å². The summed E-state index contributed by atoms with van der Waals surface area (Å²) >= 11 is 0. The number of carbonyl (C=O) groups is 1. The number of carbonyl (C=O) groups excluding carboxylic acids is 1. The molecule has 3 nitrogen and oxygen atoms in total. The second-order valence-corrected chi connectivity index (χ2v) is 3.63. The zero-order valence-corrected chi connectivity index (χ0v) is 8.74. The molecule has 1 aromatic carbocycles. The number of hydrogen-bond donors (Lipinski definition) is 0. The van der Waals surface area contributed by atoms with Gasteiger partial charge >= 0.3 is 0 Å². The SMILES string of the molecule is O=Cc1[c]cc(OC2CCCCO2)cc1F. The van der Waals surface area contributed by atoms with Gasteiger partial charge in [0.25, 0.3) is 0 Å². The van der Waals surface area contributed by atoms with E-state index in [1.807, 2.05) is 0 Å². The summed E-state index contributed by atoms with van der Waals surface area (Å²) in [7, 11) is 0. The smallest absolute Gasteiger partial charge is 0.199 e. The highest BCUT2D eigenvalue weighted by atomic mass is 19.1. The monoisotopic (exact) mass is 223 g/mol. The molecule has 0 spiro atoms. The second kappa shape index (κ2) is 5.07. The van der Waals surface area contributed by atoms with Gasteiger partial charge in [0, 0.05) is 12.5 Å². The predicted molar refractivity (Wildman–Crippen MR) is 54.8 cm³/mol. The number of aldehydes is 1. The zero-order chi connectivity index (χ0) is 11.4. The summed E-state index contributed by atoms with van der Waals surface area (Å²) in [6.07, 6.45) is 2.99. The van der Waals surface area contributed by atoms with Gasteiger partial charge in [0.15, 0.2) is 12.6 Å². The average molecular weight is 223 g/mol. The fourth-order valence-electron chi connectivity index (χ4n) is 1.58. The molecule has 1 aliphatic heterocycles. The van der Waals surface area contributed by atoms with Crippen molar-refractivity contribution >= 4 is 6.29 Å². The third-order valence-electron chi connectivity index (χ3n) is 2.42. The minimum absolute atomic E-state index is 0.0862. The van der Waals surface area contributed by atoms with Crippen LogP contribution in [0, 0.1) is 11.9 Å². The Morgan fingerprint density at radius 1 is 1.56 bits per heavy atom. The number of rotatable bonds is 3. The van der Waals surface area contributed by atoms with Crippen molar-refractivity contribution in [1.82, 2.24) is 0 Å². The second-order valence-electron chi connectivity index (χ2n) is 3.63. The van der Waals surface area contributed by atoms with Crippen molar-refractivity contribution in [2.24, 2.45) is 0 Å². The Hall–Kier alpha value is -1.42. The van der Waals surface area contributed by atoms with E-state index in [2.05, 4.69) is 6.07 Å². The van der Waals surface area contributed by atoms with Crippen LogP contribution in [0.15, 0.2) is 12.1 Å². The Bertz CT molecular complexity index is 373. The Morgan fingerprint density at radius 2 is 2.44 bits per heavy atom. The molecule has 1 aromatic rings. The summed E-state index contributed by atoms with van der Waals surface area (Å²) in [5, 5.41) is 0. The van der Waals surface area contributed by atoms with Gasteiger partial charge in [-0.15, -0.1) is 0 Å². The normalized spacial score (nSPS) is 20.4. The largest absolute Gasteiger partial charge is 0.465 e. The lowest BCUT2D eigenvalue weighted by Gasteiger charge is -2.23. The van der Waals surface area contributed by atoms with E-state index in [1.54, 1.807) is 0 Å². The molecule has 1 atom stereocenters. The van der Waals surface area contributed by atoms with Crippen LogP contribution < -0.4 is 4.74 Å². The molecule has 2 rings (SSSR count). The van der Waals surface area contributed by atoms with E-state index in [1.165, 1.54) is 12.1 Å². The molecule has 16 heavy (non-hydrogen) atoms. The van der Waals surface area contributed by atoms with Gasteiger partial charge < -0.3 is 9.47 Å². The summed E-state index contributed by atoms with van der Waals surface area (Å²) in [6, 6.07) is 5.15. The minimum Gasteiger partial charge on any atom is -0.465 e. The molecule has 1 heterocycles. The van der Waals surface area contributed by atoms with Crippen LogP contribution >= 0.6 is 0 Å². The molecule has 0 bridgehead atoms. The lowest BCUT2D eigenvalue weighted by molar-refractivity contribution is -0.106. The highest BCUT2D eigenvalue weighted by Crippen LogP contribution is 2.20. The van der Waals surface area contributed by atoms with Crippen molar-refractivity contribution in [3.05, 3.63) is 29.6 Å². The molecule has 1 aliphatic rings. The van der Waals surface area contributed by atoms with Gasteiger partial charge in [-0.2, -0.15) is 0 Å². The van der Waals surface area contributed by atoms with E-state index < -0.39 is 5.82 Å². The third kappa shape index (κ3) is 2.58. The van der Waals surface area contributed by atoms with Crippen LogP contribution in [0.25, 0.3) is 0 Å². The first kappa shape index (κ1) is 11.1. The molecular formula is C12H12FO3. The molecule has 0 aromatic heterocycles. The van der Waals surface area contributed by atoms with E-state index >= 15 is 0 Å². The molecule has 1 fully saturated rings. The molecule has 1 saturated heterocycles. The number of ether oxygens (including phenoxy) is 2. The molecule has 4 heteroatoms. The number of hydrogen-bond acceptors (Lipinski definition) is 3. The Balaban J connectivity index is 2.03. The van der Waals surface area contributed by atoms with Gasteiger partial charge in [-0.25, -0.2) is 4.39 Å². The quantitative estimate of drug-likeness (QED) is 0.738. The van der Waals surface area contributed by atoms with Crippen LogP contribution in [-0.4, -0.2) is 19.2 Å². The fraction of sp³-hybridized carbons (Fsp3) is 0.417. The van der Waals surface area contributed by atoms with Crippen molar-refractivity contribution in [2.75, 3.05) is 6.61 Å². The van der Waals surface area contributed by atoms with Crippen LogP contribution in [0.5, 0.6) is 5.75 Å². The van der Waals surface area contributed by atoms with Crippen molar-refractivity contribution in [3.63, 3.8) is 0 Å². The minimum atomic E-state index is -0.622. The number of benzene rings is 1. The Labute approximate surface area is 93.2 Å². The first-order chi connectivity index (χ1) is 7.79. The van der Waals surface area contributed by atoms with Gasteiger partial charge in [-0.1, -0.05) is 0 Å². The summed E-state index contributed by atoms with van der Waals surface area (Å²) in [4.78, 5) is 10.4. The summed E-state index contributed by atoms with van der Waals surface area (Å²) in [5.74, 6) is -0.279. The first-order valence-corrected chi connectivity index (χ1v) is 5.24. The molecule has 85 valence electrons. The highest BCUT2D eigenvalue weighted by molar-refractivity contribution is 5.74. The molecule has 0 aliphatic carbocycles. The van der Waals surface area contributed by atoms with E-state index in [9.17, 15) is 9.18 Å². The summed E-state index contributed by atoms with van der Waals surface area (Å²) in [5.41, 5.74) is -0.0862. The van der Waals surface area contributed by atoms with Crippen LogP contribution in [0.1, 0.15) is 29.6 Å². The summed E-state index contributed by atoms with van der Waals surface area (Å²) in [6.45, 7) is 0.670. The first-order valence-electron chi connectivity index (χ1n) is 5.24. The van der Waals surface area contributed by atoms with Crippen LogP contribution in [0.2, 0.25) is 0 Å². The zero-order valence-electron chi connectivity index (χ0n) is 8.74. The molecule has 0 N–H and O–H groups in total.